The molecule has 2 N–H and O–H groups in total. The van der Waals surface area contributed by atoms with Gasteiger partial charge in [-0.15, -0.1) is 12.4 Å². The van der Waals surface area contributed by atoms with E-state index in [9.17, 15) is 13.2 Å². The van der Waals surface area contributed by atoms with Crippen LogP contribution in [0.4, 0.5) is 5.69 Å². The number of nitrogens with one attached hydrogen (secondary N) is 2. The molecule has 3 rings (SSSR count). The number of rotatable bonds is 4. The third-order valence-electron chi connectivity index (χ3n) is 4.57. The molecule has 1 fully saturated rings. The van der Waals surface area contributed by atoms with Gasteiger partial charge in [-0.1, -0.05) is 6.07 Å². The minimum Gasteiger partial charge on any atom is -0.336 e. The largest absolute Gasteiger partial charge is 0.336 e. The molecule has 1 aliphatic heterocycles. The second kappa shape index (κ2) is 8.73. The summed E-state index contributed by atoms with van der Waals surface area (Å²) in [5.74, 6) is -0.0717. The van der Waals surface area contributed by atoms with Gasteiger partial charge in [0.15, 0.2) is 0 Å². The summed E-state index contributed by atoms with van der Waals surface area (Å²) in [5.41, 5.74) is 3.14. The number of carbonyl (C=O) groups excluding carboxylic acids is 1. The second-order valence-corrected chi connectivity index (χ2v) is 8.15. The normalized spacial score (nSPS) is 14.4. The Morgan fingerprint density at radius 3 is 2.22 bits per heavy atom. The molecule has 0 aromatic heterocycles. The SMILES string of the molecule is Cc1ccc(NS(=O)(=O)c2ccc(C(=O)N3CCNCC3)cc2)cc1C.Cl. The fraction of sp³-hybridized carbons (Fsp3) is 0.316. The highest BCUT2D eigenvalue weighted by Gasteiger charge is 2.19. The van der Waals surface area contributed by atoms with E-state index < -0.39 is 10.0 Å². The number of amides is 1. The maximum Gasteiger partial charge on any atom is 0.261 e. The van der Waals surface area contributed by atoms with Crippen LogP contribution in [0, 0.1) is 13.8 Å². The Labute approximate surface area is 166 Å². The van der Waals surface area contributed by atoms with Gasteiger partial charge in [0, 0.05) is 37.4 Å². The number of sulfonamides is 1. The van der Waals surface area contributed by atoms with Crippen LogP contribution >= 0.6 is 12.4 Å². The maximum absolute atomic E-state index is 12.6. The van der Waals surface area contributed by atoms with Crippen molar-refractivity contribution < 1.29 is 13.2 Å². The third kappa shape index (κ3) is 5.00. The molecule has 146 valence electrons. The minimum atomic E-state index is -3.70. The van der Waals surface area contributed by atoms with Crippen molar-refractivity contribution in [2.45, 2.75) is 18.7 Å². The highest BCUT2D eigenvalue weighted by atomic mass is 35.5. The van der Waals surface area contributed by atoms with E-state index in [0.29, 0.717) is 24.3 Å². The Bertz CT molecular complexity index is 908. The summed E-state index contributed by atoms with van der Waals surface area (Å²) in [6.45, 7) is 6.78. The first-order chi connectivity index (χ1) is 12.4. The molecule has 0 bridgehead atoms. The van der Waals surface area contributed by atoms with Crippen molar-refractivity contribution in [3.05, 3.63) is 59.2 Å². The van der Waals surface area contributed by atoms with E-state index in [1.807, 2.05) is 19.9 Å². The quantitative estimate of drug-likeness (QED) is 0.813. The van der Waals surface area contributed by atoms with E-state index in [1.165, 1.54) is 12.1 Å². The zero-order valence-electron chi connectivity index (χ0n) is 15.4. The monoisotopic (exact) mass is 409 g/mol. The molecule has 0 spiro atoms. The summed E-state index contributed by atoms with van der Waals surface area (Å²) in [4.78, 5) is 14.4. The van der Waals surface area contributed by atoms with Gasteiger partial charge in [0.25, 0.3) is 15.9 Å². The summed E-state index contributed by atoms with van der Waals surface area (Å²) in [5, 5.41) is 3.20. The van der Waals surface area contributed by atoms with Gasteiger partial charge in [-0.05, 0) is 61.4 Å². The van der Waals surface area contributed by atoms with E-state index in [-0.39, 0.29) is 23.2 Å². The molecule has 0 unspecified atom stereocenters. The van der Waals surface area contributed by atoms with Crippen molar-refractivity contribution in [1.29, 1.82) is 0 Å². The lowest BCUT2D eigenvalue weighted by Crippen LogP contribution is -2.46. The maximum atomic E-state index is 12.6. The van der Waals surface area contributed by atoms with E-state index in [0.717, 1.165) is 24.2 Å². The van der Waals surface area contributed by atoms with Gasteiger partial charge in [0.1, 0.15) is 0 Å². The fourth-order valence-corrected chi connectivity index (χ4v) is 3.90. The van der Waals surface area contributed by atoms with Gasteiger partial charge in [-0.2, -0.15) is 0 Å². The van der Waals surface area contributed by atoms with Crippen molar-refractivity contribution in [2.75, 3.05) is 30.9 Å². The highest BCUT2D eigenvalue weighted by molar-refractivity contribution is 7.92. The smallest absolute Gasteiger partial charge is 0.261 e. The molecule has 0 aliphatic carbocycles. The van der Waals surface area contributed by atoms with Crippen LogP contribution in [-0.4, -0.2) is 45.4 Å². The number of halogens is 1. The van der Waals surface area contributed by atoms with Gasteiger partial charge in [-0.3, -0.25) is 9.52 Å². The fourth-order valence-electron chi connectivity index (χ4n) is 2.85. The molecule has 27 heavy (non-hydrogen) atoms. The Hall–Kier alpha value is -2.09. The average Bonchev–Trinajstić information content (AvgIpc) is 2.65. The Kier molecular flexibility index (Phi) is 6.86. The van der Waals surface area contributed by atoms with Crippen molar-refractivity contribution >= 4 is 34.0 Å². The molecule has 0 radical (unpaired) electrons. The van der Waals surface area contributed by atoms with Crippen molar-refractivity contribution in [2.24, 2.45) is 0 Å². The first-order valence-electron chi connectivity index (χ1n) is 8.57. The second-order valence-electron chi connectivity index (χ2n) is 6.47. The van der Waals surface area contributed by atoms with E-state index >= 15 is 0 Å². The van der Waals surface area contributed by atoms with E-state index in [1.54, 1.807) is 29.2 Å². The van der Waals surface area contributed by atoms with Gasteiger partial charge in [0.05, 0.1) is 4.90 Å². The molecule has 2 aromatic rings. The van der Waals surface area contributed by atoms with Gasteiger partial charge in [-0.25, -0.2) is 8.42 Å². The summed E-state index contributed by atoms with van der Waals surface area (Å²) in [6, 6.07) is 11.5. The molecule has 1 heterocycles. The molecule has 1 saturated heterocycles. The molecule has 0 atom stereocenters. The first kappa shape index (κ1) is 21.2. The Morgan fingerprint density at radius 2 is 1.63 bits per heavy atom. The summed E-state index contributed by atoms with van der Waals surface area (Å²) in [7, 11) is -3.70. The van der Waals surface area contributed by atoms with Crippen LogP contribution in [-0.2, 0) is 10.0 Å². The van der Waals surface area contributed by atoms with Crippen LogP contribution < -0.4 is 10.0 Å². The summed E-state index contributed by atoms with van der Waals surface area (Å²) >= 11 is 0. The van der Waals surface area contributed by atoms with Crippen LogP contribution in [0.3, 0.4) is 0 Å². The minimum absolute atomic E-state index is 0. The predicted octanol–water partition coefficient (Wildman–Crippen LogP) is 2.57. The number of benzene rings is 2. The molecular weight excluding hydrogens is 386 g/mol. The number of piperazine rings is 1. The average molecular weight is 410 g/mol. The Balaban J connectivity index is 0.00000261. The lowest BCUT2D eigenvalue weighted by Gasteiger charge is -2.27. The highest BCUT2D eigenvalue weighted by Crippen LogP contribution is 2.20. The van der Waals surface area contributed by atoms with Crippen molar-refractivity contribution in [3.8, 4) is 0 Å². The molecule has 0 saturated carbocycles. The number of hydrogen-bond acceptors (Lipinski definition) is 4. The standard InChI is InChI=1S/C19H23N3O3S.ClH/c1-14-3-6-17(13-15(14)2)21-26(24,25)18-7-4-16(5-8-18)19(23)22-11-9-20-10-12-22;/h3-8,13,20-21H,9-12H2,1-2H3;1H. The molecule has 8 heteroatoms. The van der Waals surface area contributed by atoms with Crippen LogP contribution in [0.25, 0.3) is 0 Å². The Morgan fingerprint density at radius 1 is 1.00 bits per heavy atom. The molecule has 6 nitrogen and oxygen atoms in total. The van der Waals surface area contributed by atoms with Crippen molar-refractivity contribution in [3.63, 3.8) is 0 Å². The lowest BCUT2D eigenvalue weighted by molar-refractivity contribution is 0.0735. The molecule has 1 aliphatic rings. The number of hydrogen-bond donors (Lipinski definition) is 2. The zero-order chi connectivity index (χ0) is 18.7. The topological polar surface area (TPSA) is 78.5 Å². The summed E-state index contributed by atoms with van der Waals surface area (Å²) < 4.78 is 27.7. The number of nitrogens with zero attached hydrogens (tertiary/aromatic N) is 1. The van der Waals surface area contributed by atoms with Crippen molar-refractivity contribution in [1.82, 2.24) is 10.2 Å². The number of aryl methyl sites for hydroxylation is 2. The third-order valence-corrected chi connectivity index (χ3v) is 5.97. The molecule has 2 aromatic carbocycles. The number of carbonyl (C=O) groups is 1. The van der Waals surface area contributed by atoms with Gasteiger partial charge < -0.3 is 10.2 Å². The molecule has 1 amide bonds. The molecular formula is C19H24ClN3O3S. The lowest BCUT2D eigenvalue weighted by atomic mass is 10.1. The van der Waals surface area contributed by atoms with E-state index in [2.05, 4.69) is 10.0 Å². The summed E-state index contributed by atoms with van der Waals surface area (Å²) in [6.07, 6.45) is 0. The van der Waals surface area contributed by atoms with Crippen LogP contribution in [0.15, 0.2) is 47.4 Å². The predicted molar refractivity (Wildman–Crippen MR) is 109 cm³/mol. The first-order valence-corrected chi connectivity index (χ1v) is 10.1. The zero-order valence-corrected chi connectivity index (χ0v) is 17.0. The van der Waals surface area contributed by atoms with Crippen LogP contribution in [0.2, 0.25) is 0 Å². The van der Waals surface area contributed by atoms with E-state index in [4.69, 9.17) is 0 Å². The number of anilines is 1. The van der Waals surface area contributed by atoms with Crippen LogP contribution in [0.5, 0.6) is 0 Å². The van der Waals surface area contributed by atoms with Crippen LogP contribution in [0.1, 0.15) is 21.5 Å². The van der Waals surface area contributed by atoms with Gasteiger partial charge >= 0.3 is 0 Å². The van der Waals surface area contributed by atoms with Gasteiger partial charge in [0.2, 0.25) is 0 Å².